The molecular weight excluding hydrogens is 188 g/mol. The molecule has 0 saturated heterocycles. The number of hydrogen-bond acceptors (Lipinski definition) is 3. The summed E-state index contributed by atoms with van der Waals surface area (Å²) in [4.78, 5) is 12.0. The molecule has 2 rings (SSSR count). The molecule has 2 heterocycles. The Labute approximate surface area is 88.9 Å². The van der Waals surface area contributed by atoms with E-state index in [4.69, 9.17) is 5.73 Å². The first-order chi connectivity index (χ1) is 7.08. The minimum atomic E-state index is 0.0895. The number of nitrogens with two attached hydrogens (primary N) is 1. The lowest BCUT2D eigenvalue weighted by molar-refractivity contribution is 0.588. The Hall–Kier alpha value is -1.42. The molecule has 2 atom stereocenters. The summed E-state index contributed by atoms with van der Waals surface area (Å²) in [5, 5.41) is 0. The van der Waals surface area contributed by atoms with Crippen LogP contribution in [0.25, 0.3) is 11.2 Å². The summed E-state index contributed by atoms with van der Waals surface area (Å²) in [5.74, 6) is 1.14. The van der Waals surface area contributed by atoms with Gasteiger partial charge in [0.15, 0.2) is 5.65 Å². The van der Waals surface area contributed by atoms with Crippen molar-refractivity contribution < 1.29 is 0 Å². The highest BCUT2D eigenvalue weighted by atomic mass is 15.0. The van der Waals surface area contributed by atoms with Crippen LogP contribution in [-0.4, -0.2) is 21.0 Å². The fraction of sp³-hybridized carbons (Fsp3) is 0.455. The lowest BCUT2D eigenvalue weighted by atomic mass is 10.0. The van der Waals surface area contributed by atoms with E-state index in [1.54, 1.807) is 0 Å². The van der Waals surface area contributed by atoms with Gasteiger partial charge in [-0.3, -0.25) is 0 Å². The second-order valence-electron chi connectivity index (χ2n) is 4.15. The van der Waals surface area contributed by atoms with Crippen molar-refractivity contribution in [2.45, 2.75) is 32.7 Å². The van der Waals surface area contributed by atoms with Crippen LogP contribution in [0.3, 0.4) is 0 Å². The molecule has 0 aromatic carbocycles. The maximum absolute atomic E-state index is 5.84. The van der Waals surface area contributed by atoms with Crippen LogP contribution in [0.4, 0.5) is 0 Å². The average Bonchev–Trinajstić information content (AvgIpc) is 2.58. The van der Waals surface area contributed by atoms with E-state index < -0.39 is 0 Å². The normalized spacial score (nSPS) is 15.5. The van der Waals surface area contributed by atoms with Crippen molar-refractivity contribution >= 4 is 11.2 Å². The van der Waals surface area contributed by atoms with Crippen molar-refractivity contribution in [3.05, 3.63) is 23.7 Å². The molecule has 2 aromatic rings. The molecule has 0 aliphatic heterocycles. The van der Waals surface area contributed by atoms with E-state index in [0.29, 0.717) is 0 Å². The summed E-state index contributed by atoms with van der Waals surface area (Å²) in [5.41, 5.74) is 8.72. The van der Waals surface area contributed by atoms with Crippen LogP contribution in [0.1, 0.15) is 31.2 Å². The maximum Gasteiger partial charge on any atom is 0.177 e. The van der Waals surface area contributed by atoms with Gasteiger partial charge in [0.1, 0.15) is 5.82 Å². The van der Waals surface area contributed by atoms with Crippen LogP contribution in [-0.2, 0) is 0 Å². The van der Waals surface area contributed by atoms with Crippen LogP contribution in [0.15, 0.2) is 12.3 Å². The van der Waals surface area contributed by atoms with Crippen LogP contribution >= 0.6 is 0 Å². The van der Waals surface area contributed by atoms with Crippen LogP contribution in [0, 0.1) is 6.92 Å². The first-order valence-corrected chi connectivity index (χ1v) is 5.16. The second-order valence-corrected chi connectivity index (χ2v) is 4.15. The summed E-state index contributed by atoms with van der Waals surface area (Å²) in [6.45, 7) is 6.06. The summed E-state index contributed by atoms with van der Waals surface area (Å²) < 4.78 is 0. The fourth-order valence-corrected chi connectivity index (χ4v) is 1.49. The van der Waals surface area contributed by atoms with Gasteiger partial charge in [0.25, 0.3) is 0 Å². The Kier molecular flexibility index (Phi) is 2.44. The van der Waals surface area contributed by atoms with E-state index in [1.165, 1.54) is 0 Å². The second kappa shape index (κ2) is 3.62. The molecule has 2 unspecified atom stereocenters. The zero-order chi connectivity index (χ0) is 11.0. The predicted molar refractivity (Wildman–Crippen MR) is 60.7 cm³/mol. The van der Waals surface area contributed by atoms with Crippen molar-refractivity contribution in [1.82, 2.24) is 15.0 Å². The predicted octanol–water partition coefficient (Wildman–Crippen LogP) is 1.72. The van der Waals surface area contributed by atoms with Gasteiger partial charge in [-0.15, -0.1) is 0 Å². The highest BCUT2D eigenvalue weighted by Crippen LogP contribution is 2.18. The fourth-order valence-electron chi connectivity index (χ4n) is 1.49. The number of pyridine rings is 1. The SMILES string of the molecule is Cc1cnc2nc(C(C)C(C)N)[nH]c2c1. The average molecular weight is 204 g/mol. The quantitative estimate of drug-likeness (QED) is 0.782. The van der Waals surface area contributed by atoms with E-state index in [9.17, 15) is 0 Å². The van der Waals surface area contributed by atoms with Gasteiger partial charge in [-0.05, 0) is 25.5 Å². The van der Waals surface area contributed by atoms with Crippen molar-refractivity contribution in [3.63, 3.8) is 0 Å². The number of aromatic amines is 1. The van der Waals surface area contributed by atoms with Crippen LogP contribution in [0.2, 0.25) is 0 Å². The van der Waals surface area contributed by atoms with Gasteiger partial charge in [0.05, 0.1) is 5.52 Å². The molecule has 0 aliphatic rings. The number of rotatable bonds is 2. The van der Waals surface area contributed by atoms with E-state index in [0.717, 1.165) is 22.6 Å². The minimum absolute atomic E-state index is 0.0895. The number of hydrogen-bond donors (Lipinski definition) is 2. The molecule has 0 amide bonds. The molecule has 0 radical (unpaired) electrons. The third kappa shape index (κ3) is 1.85. The number of H-pyrrole nitrogens is 1. The number of nitrogens with zero attached hydrogens (tertiary/aromatic N) is 2. The number of fused-ring (bicyclic) bond motifs is 1. The Morgan fingerprint density at radius 3 is 2.80 bits per heavy atom. The minimum Gasteiger partial charge on any atom is -0.340 e. The molecule has 0 saturated carbocycles. The number of imidazole rings is 1. The standard InChI is InChI=1S/C11H16N4/c1-6-4-9-11(13-5-6)15-10(14-9)7(2)8(3)12/h4-5,7-8H,12H2,1-3H3,(H,13,14,15). The van der Waals surface area contributed by atoms with Crippen molar-refractivity contribution in [1.29, 1.82) is 0 Å². The molecule has 0 spiro atoms. The molecule has 2 aromatic heterocycles. The molecule has 4 nitrogen and oxygen atoms in total. The molecule has 3 N–H and O–H groups in total. The molecule has 0 bridgehead atoms. The van der Waals surface area contributed by atoms with Gasteiger partial charge < -0.3 is 10.7 Å². The maximum atomic E-state index is 5.84. The van der Waals surface area contributed by atoms with Crippen LogP contribution in [0.5, 0.6) is 0 Å². The summed E-state index contributed by atoms with van der Waals surface area (Å²) in [6, 6.07) is 2.14. The van der Waals surface area contributed by atoms with E-state index in [2.05, 4.69) is 21.9 Å². The molecule has 0 aliphatic carbocycles. The smallest absolute Gasteiger partial charge is 0.177 e. The molecule has 0 fully saturated rings. The van der Waals surface area contributed by atoms with Crippen LogP contribution < -0.4 is 5.73 Å². The lowest BCUT2D eigenvalue weighted by Crippen LogP contribution is -2.23. The third-order valence-electron chi connectivity index (χ3n) is 2.71. The van der Waals surface area contributed by atoms with Crippen molar-refractivity contribution in [3.8, 4) is 0 Å². The highest BCUT2D eigenvalue weighted by Gasteiger charge is 2.14. The van der Waals surface area contributed by atoms with Gasteiger partial charge in [0, 0.05) is 18.2 Å². The first kappa shape index (κ1) is 10.1. The Bertz CT molecular complexity index is 472. The van der Waals surface area contributed by atoms with Gasteiger partial charge >= 0.3 is 0 Å². The van der Waals surface area contributed by atoms with E-state index in [1.807, 2.05) is 26.1 Å². The molecule has 80 valence electrons. The first-order valence-electron chi connectivity index (χ1n) is 5.16. The summed E-state index contributed by atoms with van der Waals surface area (Å²) >= 11 is 0. The molecular formula is C11H16N4. The van der Waals surface area contributed by atoms with Gasteiger partial charge in [-0.25, -0.2) is 9.97 Å². The molecule has 4 heteroatoms. The Morgan fingerprint density at radius 2 is 2.13 bits per heavy atom. The van der Waals surface area contributed by atoms with Gasteiger partial charge in [-0.1, -0.05) is 6.92 Å². The van der Waals surface area contributed by atoms with E-state index >= 15 is 0 Å². The monoisotopic (exact) mass is 204 g/mol. The third-order valence-corrected chi connectivity index (χ3v) is 2.71. The van der Waals surface area contributed by atoms with E-state index in [-0.39, 0.29) is 12.0 Å². The van der Waals surface area contributed by atoms with Gasteiger partial charge in [0.2, 0.25) is 0 Å². The summed E-state index contributed by atoms with van der Waals surface area (Å²) in [7, 11) is 0. The zero-order valence-electron chi connectivity index (χ0n) is 9.28. The number of aryl methyl sites for hydroxylation is 1. The van der Waals surface area contributed by atoms with Gasteiger partial charge in [-0.2, -0.15) is 0 Å². The Balaban J connectivity index is 2.47. The Morgan fingerprint density at radius 1 is 1.40 bits per heavy atom. The number of nitrogens with one attached hydrogen (secondary N) is 1. The number of aromatic nitrogens is 3. The summed E-state index contributed by atoms with van der Waals surface area (Å²) in [6.07, 6.45) is 1.82. The zero-order valence-corrected chi connectivity index (χ0v) is 9.28. The molecule has 15 heavy (non-hydrogen) atoms. The highest BCUT2D eigenvalue weighted by molar-refractivity contribution is 5.71. The largest absolute Gasteiger partial charge is 0.340 e. The van der Waals surface area contributed by atoms with Crippen molar-refractivity contribution in [2.24, 2.45) is 5.73 Å². The topological polar surface area (TPSA) is 67.6 Å². The van der Waals surface area contributed by atoms with Crippen molar-refractivity contribution in [2.75, 3.05) is 0 Å². The lowest BCUT2D eigenvalue weighted by Gasteiger charge is -2.11.